The summed E-state index contributed by atoms with van der Waals surface area (Å²) in [5.41, 5.74) is 7.11. The second-order valence-corrected chi connectivity index (χ2v) is 6.58. The van der Waals surface area contributed by atoms with Crippen molar-refractivity contribution in [3.63, 3.8) is 0 Å². The average Bonchev–Trinajstić information content (AvgIpc) is 2.41. The molecule has 0 aromatic heterocycles. The Kier molecular flexibility index (Phi) is 5.05. The van der Waals surface area contributed by atoms with Gasteiger partial charge in [0.1, 0.15) is 0 Å². The number of carbonyl (C=O) groups is 1. The minimum atomic E-state index is 0.0925. The van der Waals surface area contributed by atoms with E-state index >= 15 is 0 Å². The Labute approximate surface area is 129 Å². The van der Waals surface area contributed by atoms with Crippen molar-refractivity contribution in [2.45, 2.75) is 13.8 Å². The summed E-state index contributed by atoms with van der Waals surface area (Å²) in [5, 5.41) is 0. The van der Waals surface area contributed by atoms with E-state index < -0.39 is 0 Å². The highest BCUT2D eigenvalue weighted by atomic mass is 79.9. The smallest absolute Gasteiger partial charge is 0.253 e. The van der Waals surface area contributed by atoms with Gasteiger partial charge in [-0.05, 0) is 40.0 Å². The molecule has 2 rings (SSSR count). The third kappa shape index (κ3) is 3.73. The standard InChI is InChI=1S/C15H22BrN3O/c1-11(2)10-18-5-7-19(8-6-18)15(20)12-3-4-14(17)13(16)9-12/h3-4,9,11H,5-8,10,17H2,1-2H3. The van der Waals surface area contributed by atoms with Crippen molar-refractivity contribution in [2.24, 2.45) is 5.92 Å². The molecule has 0 radical (unpaired) electrons. The van der Waals surface area contributed by atoms with E-state index in [4.69, 9.17) is 5.73 Å². The van der Waals surface area contributed by atoms with Gasteiger partial charge < -0.3 is 10.6 Å². The van der Waals surface area contributed by atoms with E-state index in [1.807, 2.05) is 4.90 Å². The van der Waals surface area contributed by atoms with Crippen molar-refractivity contribution in [3.05, 3.63) is 28.2 Å². The maximum atomic E-state index is 12.4. The molecule has 1 saturated heterocycles. The Balaban J connectivity index is 1.96. The number of nitrogens with zero attached hydrogens (tertiary/aromatic N) is 2. The molecular formula is C15H22BrN3O. The molecule has 1 aromatic carbocycles. The van der Waals surface area contributed by atoms with Gasteiger partial charge in [0.15, 0.2) is 0 Å². The molecule has 0 bridgehead atoms. The Morgan fingerprint density at radius 3 is 2.50 bits per heavy atom. The Morgan fingerprint density at radius 1 is 1.30 bits per heavy atom. The van der Waals surface area contributed by atoms with Crippen LogP contribution in [0.2, 0.25) is 0 Å². The van der Waals surface area contributed by atoms with Gasteiger partial charge in [0.25, 0.3) is 5.91 Å². The molecular weight excluding hydrogens is 318 g/mol. The quantitative estimate of drug-likeness (QED) is 0.860. The van der Waals surface area contributed by atoms with Gasteiger partial charge in [-0.15, -0.1) is 0 Å². The van der Waals surface area contributed by atoms with E-state index in [1.165, 1.54) is 0 Å². The van der Waals surface area contributed by atoms with Crippen LogP contribution in [-0.4, -0.2) is 48.4 Å². The van der Waals surface area contributed by atoms with Crippen LogP contribution in [0.4, 0.5) is 5.69 Å². The van der Waals surface area contributed by atoms with Crippen molar-refractivity contribution in [3.8, 4) is 0 Å². The highest BCUT2D eigenvalue weighted by molar-refractivity contribution is 9.10. The molecule has 4 nitrogen and oxygen atoms in total. The van der Waals surface area contributed by atoms with E-state index in [-0.39, 0.29) is 5.91 Å². The molecule has 5 heteroatoms. The molecule has 1 heterocycles. The predicted molar refractivity (Wildman–Crippen MR) is 85.7 cm³/mol. The summed E-state index contributed by atoms with van der Waals surface area (Å²) in [7, 11) is 0. The summed E-state index contributed by atoms with van der Waals surface area (Å²) in [5.74, 6) is 0.764. The second-order valence-electron chi connectivity index (χ2n) is 5.72. The Morgan fingerprint density at radius 2 is 1.95 bits per heavy atom. The summed E-state index contributed by atoms with van der Waals surface area (Å²) >= 11 is 3.37. The molecule has 1 aliphatic heterocycles. The molecule has 1 aliphatic rings. The maximum absolute atomic E-state index is 12.4. The number of rotatable bonds is 3. The number of nitrogen functional groups attached to an aromatic ring is 1. The lowest BCUT2D eigenvalue weighted by atomic mass is 10.1. The lowest BCUT2D eigenvalue weighted by molar-refractivity contribution is 0.0624. The molecule has 20 heavy (non-hydrogen) atoms. The molecule has 0 aliphatic carbocycles. The number of piperazine rings is 1. The predicted octanol–water partition coefficient (Wildman–Crippen LogP) is 2.45. The average molecular weight is 340 g/mol. The van der Waals surface area contributed by atoms with Crippen LogP contribution in [-0.2, 0) is 0 Å². The topological polar surface area (TPSA) is 49.6 Å². The van der Waals surface area contributed by atoms with E-state index in [9.17, 15) is 4.79 Å². The second kappa shape index (κ2) is 6.59. The normalized spacial score (nSPS) is 16.7. The lowest BCUT2D eigenvalue weighted by Crippen LogP contribution is -2.49. The SMILES string of the molecule is CC(C)CN1CCN(C(=O)c2ccc(N)c(Br)c2)CC1. The molecule has 1 fully saturated rings. The number of halogens is 1. The minimum Gasteiger partial charge on any atom is -0.398 e. The van der Waals surface area contributed by atoms with Gasteiger partial charge in [-0.25, -0.2) is 0 Å². The first-order valence-corrected chi connectivity index (χ1v) is 7.83. The third-order valence-corrected chi connectivity index (χ3v) is 4.22. The van der Waals surface area contributed by atoms with Gasteiger partial charge in [-0.1, -0.05) is 13.8 Å². The van der Waals surface area contributed by atoms with Gasteiger partial charge in [-0.2, -0.15) is 0 Å². The highest BCUT2D eigenvalue weighted by Crippen LogP contribution is 2.21. The van der Waals surface area contributed by atoms with Crippen molar-refractivity contribution in [2.75, 3.05) is 38.5 Å². The van der Waals surface area contributed by atoms with Crippen LogP contribution in [0.3, 0.4) is 0 Å². The number of amides is 1. The zero-order valence-electron chi connectivity index (χ0n) is 12.1. The van der Waals surface area contributed by atoms with Crippen LogP contribution in [0.1, 0.15) is 24.2 Å². The number of benzene rings is 1. The summed E-state index contributed by atoms with van der Waals surface area (Å²) in [6, 6.07) is 5.37. The van der Waals surface area contributed by atoms with E-state index in [2.05, 4.69) is 34.7 Å². The summed E-state index contributed by atoms with van der Waals surface area (Å²) in [6.07, 6.45) is 0. The van der Waals surface area contributed by atoms with E-state index in [0.29, 0.717) is 17.2 Å². The van der Waals surface area contributed by atoms with Gasteiger partial charge in [0, 0.05) is 48.4 Å². The van der Waals surface area contributed by atoms with E-state index in [1.54, 1.807) is 18.2 Å². The monoisotopic (exact) mass is 339 g/mol. The van der Waals surface area contributed by atoms with Crippen molar-refractivity contribution >= 4 is 27.5 Å². The lowest BCUT2D eigenvalue weighted by Gasteiger charge is -2.35. The molecule has 2 N–H and O–H groups in total. The van der Waals surface area contributed by atoms with Crippen LogP contribution >= 0.6 is 15.9 Å². The first-order valence-electron chi connectivity index (χ1n) is 7.04. The van der Waals surface area contributed by atoms with Gasteiger partial charge in [-0.3, -0.25) is 9.69 Å². The number of hydrogen-bond acceptors (Lipinski definition) is 3. The van der Waals surface area contributed by atoms with Gasteiger partial charge >= 0.3 is 0 Å². The fourth-order valence-electron chi connectivity index (χ4n) is 2.49. The largest absolute Gasteiger partial charge is 0.398 e. The van der Waals surface area contributed by atoms with Gasteiger partial charge in [0.2, 0.25) is 0 Å². The highest BCUT2D eigenvalue weighted by Gasteiger charge is 2.22. The molecule has 0 atom stereocenters. The molecule has 0 unspecified atom stereocenters. The fourth-order valence-corrected chi connectivity index (χ4v) is 2.87. The first kappa shape index (κ1) is 15.3. The summed E-state index contributed by atoms with van der Waals surface area (Å²) in [4.78, 5) is 16.8. The molecule has 1 amide bonds. The van der Waals surface area contributed by atoms with Crippen LogP contribution in [0.5, 0.6) is 0 Å². The fraction of sp³-hybridized carbons (Fsp3) is 0.533. The Hall–Kier alpha value is -1.07. The number of anilines is 1. The van der Waals surface area contributed by atoms with Crippen LogP contribution in [0.15, 0.2) is 22.7 Å². The number of nitrogens with two attached hydrogens (primary N) is 1. The summed E-state index contributed by atoms with van der Waals surface area (Å²) in [6.45, 7) is 9.07. The maximum Gasteiger partial charge on any atom is 0.253 e. The van der Waals surface area contributed by atoms with Crippen molar-refractivity contribution in [1.82, 2.24) is 9.80 Å². The zero-order valence-corrected chi connectivity index (χ0v) is 13.7. The zero-order chi connectivity index (χ0) is 14.7. The summed E-state index contributed by atoms with van der Waals surface area (Å²) < 4.78 is 0.779. The van der Waals surface area contributed by atoms with Crippen LogP contribution in [0, 0.1) is 5.92 Å². The molecule has 0 spiro atoms. The molecule has 1 aromatic rings. The minimum absolute atomic E-state index is 0.0925. The first-order chi connectivity index (χ1) is 9.47. The third-order valence-electron chi connectivity index (χ3n) is 3.53. The Bertz CT molecular complexity index is 482. The number of carbonyl (C=O) groups excluding carboxylic acids is 1. The van der Waals surface area contributed by atoms with Crippen LogP contribution in [0.25, 0.3) is 0 Å². The number of hydrogen-bond donors (Lipinski definition) is 1. The van der Waals surface area contributed by atoms with Crippen molar-refractivity contribution < 1.29 is 4.79 Å². The van der Waals surface area contributed by atoms with E-state index in [0.717, 1.165) is 37.2 Å². The molecule has 0 saturated carbocycles. The van der Waals surface area contributed by atoms with Crippen LogP contribution < -0.4 is 5.73 Å². The molecule has 110 valence electrons. The van der Waals surface area contributed by atoms with Gasteiger partial charge in [0.05, 0.1) is 0 Å². The van der Waals surface area contributed by atoms with Crippen molar-refractivity contribution in [1.29, 1.82) is 0 Å².